The first-order valence-corrected chi connectivity index (χ1v) is 8.09. The zero-order valence-corrected chi connectivity index (χ0v) is 13.3. The highest BCUT2D eigenvalue weighted by atomic mass is 32.2. The van der Waals surface area contributed by atoms with Crippen molar-refractivity contribution in [1.82, 2.24) is 9.97 Å². The number of sulfonamides is 1. The SMILES string of the molecule is CC(C)c1cc(O)c(S(N)(=O)=O)cc1Oc1cnc(N)nc1N. The maximum atomic E-state index is 11.5. The first-order valence-electron chi connectivity index (χ1n) is 6.55. The second-order valence-electron chi connectivity index (χ2n) is 5.14. The number of phenols is 1. The molecule has 2 rings (SSSR count). The van der Waals surface area contributed by atoms with E-state index >= 15 is 0 Å². The molecule has 0 fully saturated rings. The molecule has 0 bridgehead atoms. The number of anilines is 2. The van der Waals surface area contributed by atoms with Gasteiger partial charge in [-0.15, -0.1) is 0 Å². The Morgan fingerprint density at radius 3 is 2.39 bits per heavy atom. The third kappa shape index (κ3) is 3.60. The van der Waals surface area contributed by atoms with Gasteiger partial charge in [-0.2, -0.15) is 4.98 Å². The number of benzene rings is 1. The number of phenolic OH excluding ortho intramolecular Hbond substituents is 1. The number of hydrogen-bond donors (Lipinski definition) is 4. The minimum absolute atomic E-state index is 0.00237. The summed E-state index contributed by atoms with van der Waals surface area (Å²) >= 11 is 0. The van der Waals surface area contributed by atoms with E-state index in [0.717, 1.165) is 6.07 Å². The van der Waals surface area contributed by atoms with Gasteiger partial charge in [0, 0.05) is 11.6 Å². The van der Waals surface area contributed by atoms with Crippen LogP contribution in [0.1, 0.15) is 25.3 Å². The van der Waals surface area contributed by atoms with Gasteiger partial charge in [-0.1, -0.05) is 13.8 Å². The van der Waals surface area contributed by atoms with Crippen LogP contribution >= 0.6 is 0 Å². The van der Waals surface area contributed by atoms with Crippen molar-refractivity contribution in [3.05, 3.63) is 23.9 Å². The Kier molecular flexibility index (Phi) is 4.30. The van der Waals surface area contributed by atoms with Crippen molar-refractivity contribution >= 4 is 21.8 Å². The lowest BCUT2D eigenvalue weighted by Gasteiger charge is -2.16. The van der Waals surface area contributed by atoms with E-state index in [1.54, 1.807) is 0 Å². The molecular weight excluding hydrogens is 322 g/mol. The van der Waals surface area contributed by atoms with Gasteiger partial charge in [0.25, 0.3) is 0 Å². The molecular formula is C13H17N5O4S. The molecule has 2 aromatic rings. The molecule has 0 saturated heterocycles. The molecule has 7 N–H and O–H groups in total. The fourth-order valence-corrected chi connectivity index (χ4v) is 2.55. The third-order valence-corrected chi connectivity index (χ3v) is 3.98. The number of nitrogens with zero attached hydrogens (tertiary/aromatic N) is 2. The minimum Gasteiger partial charge on any atom is -0.507 e. The largest absolute Gasteiger partial charge is 0.507 e. The van der Waals surface area contributed by atoms with Crippen molar-refractivity contribution in [2.75, 3.05) is 11.5 Å². The fourth-order valence-electron chi connectivity index (χ4n) is 1.93. The molecule has 0 aliphatic carbocycles. The number of primary sulfonamides is 1. The molecule has 0 unspecified atom stereocenters. The van der Waals surface area contributed by atoms with E-state index in [1.807, 2.05) is 13.8 Å². The maximum Gasteiger partial charge on any atom is 0.241 e. The second kappa shape index (κ2) is 5.89. The Bertz CT molecular complexity index is 852. The monoisotopic (exact) mass is 339 g/mol. The van der Waals surface area contributed by atoms with Gasteiger partial charge in [-0.25, -0.2) is 18.5 Å². The summed E-state index contributed by atoms with van der Waals surface area (Å²) in [6.45, 7) is 3.70. The fraction of sp³-hybridized carbons (Fsp3) is 0.231. The number of nitrogen functional groups attached to an aromatic ring is 2. The predicted octanol–water partition coefficient (Wildman–Crippen LogP) is 0.910. The van der Waals surface area contributed by atoms with Crippen LogP contribution in [0.5, 0.6) is 17.2 Å². The average Bonchev–Trinajstić information content (AvgIpc) is 2.41. The van der Waals surface area contributed by atoms with Crippen LogP contribution in [0.25, 0.3) is 0 Å². The molecule has 0 radical (unpaired) electrons. The number of nitrogens with two attached hydrogens (primary N) is 3. The van der Waals surface area contributed by atoms with Gasteiger partial charge in [-0.05, 0) is 12.0 Å². The van der Waals surface area contributed by atoms with Gasteiger partial charge in [0.05, 0.1) is 6.20 Å². The summed E-state index contributed by atoms with van der Waals surface area (Å²) in [6.07, 6.45) is 1.27. The summed E-state index contributed by atoms with van der Waals surface area (Å²) in [6, 6.07) is 2.42. The summed E-state index contributed by atoms with van der Waals surface area (Å²) in [5.41, 5.74) is 11.7. The predicted molar refractivity (Wildman–Crippen MR) is 84.5 cm³/mol. The Morgan fingerprint density at radius 1 is 1.22 bits per heavy atom. The third-order valence-electron chi connectivity index (χ3n) is 3.04. The van der Waals surface area contributed by atoms with Gasteiger partial charge < -0.3 is 21.3 Å². The summed E-state index contributed by atoms with van der Waals surface area (Å²) in [5.74, 6) is -0.271. The molecule has 1 heterocycles. The maximum absolute atomic E-state index is 11.5. The molecule has 0 aliphatic rings. The van der Waals surface area contributed by atoms with Gasteiger partial charge >= 0.3 is 0 Å². The Morgan fingerprint density at radius 2 is 1.87 bits per heavy atom. The normalized spacial score (nSPS) is 11.7. The van der Waals surface area contributed by atoms with Gasteiger partial charge in [0.15, 0.2) is 11.6 Å². The molecule has 10 heteroatoms. The number of hydrogen-bond acceptors (Lipinski definition) is 8. The number of aromatic hydroxyl groups is 1. The van der Waals surface area contributed by atoms with E-state index in [1.165, 1.54) is 12.3 Å². The molecule has 0 amide bonds. The van der Waals surface area contributed by atoms with E-state index in [4.69, 9.17) is 21.3 Å². The van der Waals surface area contributed by atoms with Crippen LogP contribution in [0.3, 0.4) is 0 Å². The molecule has 1 aromatic heterocycles. The van der Waals surface area contributed by atoms with Gasteiger partial charge in [-0.3, -0.25) is 0 Å². The van der Waals surface area contributed by atoms with Gasteiger partial charge in [0.1, 0.15) is 16.4 Å². The smallest absolute Gasteiger partial charge is 0.241 e. The van der Waals surface area contributed by atoms with E-state index in [0.29, 0.717) is 5.56 Å². The van der Waals surface area contributed by atoms with Crippen LogP contribution in [-0.2, 0) is 10.0 Å². The van der Waals surface area contributed by atoms with Crippen molar-refractivity contribution in [1.29, 1.82) is 0 Å². The lowest BCUT2D eigenvalue weighted by Crippen LogP contribution is -2.13. The lowest BCUT2D eigenvalue weighted by molar-refractivity contribution is 0.442. The summed E-state index contributed by atoms with van der Waals surface area (Å²) in [4.78, 5) is 7.08. The van der Waals surface area contributed by atoms with E-state index in [2.05, 4.69) is 9.97 Å². The topological polar surface area (TPSA) is 167 Å². The number of ether oxygens (including phenoxy) is 1. The standard InChI is InChI=1S/C13H17N5O4S/c1-6(2)7-3-8(19)11(23(16,20)21)4-9(7)22-10-5-17-13(15)18-12(10)14/h3-6,19H,1-2H3,(H2,16,20,21)(H4,14,15,17,18). The van der Waals surface area contributed by atoms with Crippen LogP contribution in [0, 0.1) is 0 Å². The van der Waals surface area contributed by atoms with E-state index in [9.17, 15) is 13.5 Å². The number of aromatic nitrogens is 2. The lowest BCUT2D eigenvalue weighted by atomic mass is 10.0. The van der Waals surface area contributed by atoms with Crippen molar-refractivity contribution in [2.24, 2.45) is 5.14 Å². The molecule has 0 aliphatic heterocycles. The highest BCUT2D eigenvalue weighted by Gasteiger charge is 2.21. The molecule has 0 atom stereocenters. The van der Waals surface area contributed by atoms with Crippen LogP contribution in [0.4, 0.5) is 11.8 Å². The highest BCUT2D eigenvalue weighted by Crippen LogP contribution is 2.38. The summed E-state index contributed by atoms with van der Waals surface area (Å²) in [5, 5.41) is 15.0. The molecule has 9 nitrogen and oxygen atoms in total. The van der Waals surface area contributed by atoms with Gasteiger partial charge in [0.2, 0.25) is 16.0 Å². The minimum atomic E-state index is -4.12. The molecule has 1 aromatic carbocycles. The molecule has 124 valence electrons. The molecule has 0 saturated carbocycles. The quantitative estimate of drug-likeness (QED) is 0.637. The number of rotatable bonds is 4. The van der Waals surface area contributed by atoms with Crippen LogP contribution < -0.4 is 21.3 Å². The summed E-state index contributed by atoms with van der Waals surface area (Å²) < 4.78 is 28.7. The highest BCUT2D eigenvalue weighted by molar-refractivity contribution is 7.89. The zero-order chi connectivity index (χ0) is 17.4. The van der Waals surface area contributed by atoms with Crippen molar-refractivity contribution in [3.8, 4) is 17.2 Å². The second-order valence-corrected chi connectivity index (χ2v) is 6.67. The van der Waals surface area contributed by atoms with E-state index < -0.39 is 20.7 Å². The van der Waals surface area contributed by atoms with Crippen LogP contribution in [0.2, 0.25) is 0 Å². The zero-order valence-electron chi connectivity index (χ0n) is 12.5. The van der Waals surface area contributed by atoms with Crippen LogP contribution in [0.15, 0.2) is 23.2 Å². The van der Waals surface area contributed by atoms with Crippen molar-refractivity contribution in [3.63, 3.8) is 0 Å². The molecule has 23 heavy (non-hydrogen) atoms. The van der Waals surface area contributed by atoms with Crippen molar-refractivity contribution < 1.29 is 18.3 Å². The first-order chi connectivity index (χ1) is 10.6. The Balaban J connectivity index is 2.59. The Hall–Kier alpha value is -2.59. The summed E-state index contributed by atoms with van der Waals surface area (Å²) in [7, 11) is -4.12. The average molecular weight is 339 g/mol. The van der Waals surface area contributed by atoms with Crippen LogP contribution in [-0.4, -0.2) is 23.5 Å². The first kappa shape index (κ1) is 16.8. The van der Waals surface area contributed by atoms with Crippen molar-refractivity contribution in [2.45, 2.75) is 24.7 Å². The molecule has 0 spiro atoms. The van der Waals surface area contributed by atoms with E-state index in [-0.39, 0.29) is 29.2 Å². The Labute approximate surface area is 133 Å².